The molecule has 3 N–H and O–H groups in total. The molecule has 0 radical (unpaired) electrons. The fourth-order valence-corrected chi connectivity index (χ4v) is 5.14. The summed E-state index contributed by atoms with van der Waals surface area (Å²) in [6.45, 7) is 7.97. The van der Waals surface area contributed by atoms with E-state index in [0.717, 1.165) is 16.1 Å². The molecule has 7 nitrogen and oxygen atoms in total. The molecule has 1 aliphatic rings. The molecular weight excluding hydrogens is 465 g/mol. The zero-order chi connectivity index (χ0) is 25.4. The average molecular weight is 496 g/mol. The molecule has 3 aromatic rings. The number of amides is 1. The number of hydrogen-bond donors (Lipinski definition) is 3. The standard InChI is InChI=1S/C26H30FN5O2S/c1-16-5-8-21(29-13-25(3,4)34)19(11-16)22(28)23(33)32-10-9-26(14-32,24-30-15-31-35-24)18-7-6-17(2)20(27)12-18/h5-8,11-12,15,28-29,34H,9-10,13-14H2,1-4H3. The van der Waals surface area contributed by atoms with Crippen LogP contribution in [0.2, 0.25) is 0 Å². The monoisotopic (exact) mass is 495 g/mol. The van der Waals surface area contributed by atoms with Crippen LogP contribution in [0.3, 0.4) is 0 Å². The Balaban J connectivity index is 1.63. The number of benzene rings is 2. The molecule has 184 valence electrons. The molecule has 1 aliphatic heterocycles. The molecule has 1 atom stereocenters. The second-order valence-corrected chi connectivity index (χ2v) is 10.6. The summed E-state index contributed by atoms with van der Waals surface area (Å²) in [5, 5.41) is 22.8. The first kappa shape index (κ1) is 24.9. The van der Waals surface area contributed by atoms with E-state index in [1.807, 2.05) is 25.1 Å². The Morgan fingerprint density at radius 2 is 2.06 bits per heavy atom. The van der Waals surface area contributed by atoms with E-state index in [4.69, 9.17) is 5.41 Å². The van der Waals surface area contributed by atoms with Crippen LogP contribution >= 0.6 is 11.5 Å². The first-order valence-corrected chi connectivity index (χ1v) is 12.3. The molecule has 0 saturated carbocycles. The smallest absolute Gasteiger partial charge is 0.272 e. The zero-order valence-electron chi connectivity index (χ0n) is 20.4. The summed E-state index contributed by atoms with van der Waals surface area (Å²) in [5.74, 6) is -0.702. The second kappa shape index (κ2) is 9.47. The lowest BCUT2D eigenvalue weighted by molar-refractivity contribution is -0.123. The quantitative estimate of drug-likeness (QED) is 0.429. The number of halogens is 1. The number of aliphatic hydroxyl groups is 1. The number of carbonyl (C=O) groups is 1. The Hall–Kier alpha value is -3.17. The van der Waals surface area contributed by atoms with Crippen LogP contribution in [0, 0.1) is 25.1 Å². The van der Waals surface area contributed by atoms with Crippen molar-refractivity contribution in [3.63, 3.8) is 0 Å². The lowest BCUT2D eigenvalue weighted by atomic mass is 9.80. The molecule has 1 unspecified atom stereocenters. The van der Waals surface area contributed by atoms with Gasteiger partial charge in [0, 0.05) is 30.9 Å². The summed E-state index contributed by atoms with van der Waals surface area (Å²) in [6.07, 6.45) is 2.04. The van der Waals surface area contributed by atoms with Crippen LogP contribution in [-0.4, -0.2) is 56.2 Å². The SMILES string of the molecule is Cc1ccc(NCC(C)(C)O)c(C(=N)C(=O)N2CCC(c3ccc(C)c(F)c3)(c3ncns3)C2)c1. The van der Waals surface area contributed by atoms with Gasteiger partial charge in [0.2, 0.25) is 0 Å². The van der Waals surface area contributed by atoms with Crippen LogP contribution in [0.25, 0.3) is 0 Å². The highest BCUT2D eigenvalue weighted by Gasteiger charge is 2.46. The molecule has 1 fully saturated rings. The van der Waals surface area contributed by atoms with Crippen molar-refractivity contribution in [3.8, 4) is 0 Å². The van der Waals surface area contributed by atoms with Crippen molar-refractivity contribution in [2.24, 2.45) is 0 Å². The maximum Gasteiger partial charge on any atom is 0.272 e. The highest BCUT2D eigenvalue weighted by molar-refractivity contribution is 7.05. The Kier molecular flexibility index (Phi) is 6.75. The van der Waals surface area contributed by atoms with E-state index in [0.29, 0.717) is 29.8 Å². The molecule has 0 spiro atoms. The van der Waals surface area contributed by atoms with E-state index >= 15 is 0 Å². The van der Waals surface area contributed by atoms with Gasteiger partial charge in [-0.15, -0.1) is 0 Å². The van der Waals surface area contributed by atoms with Gasteiger partial charge in [0.05, 0.1) is 11.0 Å². The lowest BCUT2D eigenvalue weighted by Crippen LogP contribution is -2.39. The summed E-state index contributed by atoms with van der Waals surface area (Å²) in [5.41, 5.74) is 1.57. The largest absolute Gasteiger partial charge is 0.389 e. The highest BCUT2D eigenvalue weighted by Crippen LogP contribution is 2.42. The minimum absolute atomic E-state index is 0.130. The van der Waals surface area contributed by atoms with Gasteiger partial charge in [-0.05, 0) is 75.0 Å². The van der Waals surface area contributed by atoms with Crippen LogP contribution < -0.4 is 5.32 Å². The third-order valence-electron chi connectivity index (χ3n) is 6.42. The molecule has 1 saturated heterocycles. The van der Waals surface area contributed by atoms with Crippen molar-refractivity contribution >= 4 is 28.8 Å². The van der Waals surface area contributed by atoms with Crippen LogP contribution in [0.4, 0.5) is 10.1 Å². The van der Waals surface area contributed by atoms with Gasteiger partial charge in [-0.25, -0.2) is 9.37 Å². The fourth-order valence-electron chi connectivity index (χ4n) is 4.40. The molecule has 2 heterocycles. The molecular formula is C26H30FN5O2S. The molecule has 9 heteroatoms. The van der Waals surface area contributed by atoms with Crippen molar-refractivity contribution < 1.29 is 14.3 Å². The Morgan fingerprint density at radius 3 is 2.71 bits per heavy atom. The Morgan fingerprint density at radius 1 is 1.29 bits per heavy atom. The summed E-state index contributed by atoms with van der Waals surface area (Å²) in [6, 6.07) is 10.7. The van der Waals surface area contributed by atoms with Crippen LogP contribution in [0.1, 0.15) is 47.5 Å². The number of anilines is 1. The minimum Gasteiger partial charge on any atom is -0.389 e. The van der Waals surface area contributed by atoms with Crippen LogP contribution in [0.5, 0.6) is 0 Å². The highest BCUT2D eigenvalue weighted by atomic mass is 32.1. The summed E-state index contributed by atoms with van der Waals surface area (Å²) in [4.78, 5) is 19.6. The molecule has 1 aromatic heterocycles. The number of likely N-dealkylation sites (tertiary alicyclic amines) is 1. The van der Waals surface area contributed by atoms with Crippen LogP contribution in [-0.2, 0) is 10.2 Å². The third kappa shape index (κ3) is 5.11. The van der Waals surface area contributed by atoms with Crippen molar-refractivity contribution in [1.29, 1.82) is 5.41 Å². The summed E-state index contributed by atoms with van der Waals surface area (Å²) < 4.78 is 18.7. The van der Waals surface area contributed by atoms with Crippen molar-refractivity contribution in [3.05, 3.63) is 75.8 Å². The number of aromatic nitrogens is 2. The number of rotatable bonds is 7. The zero-order valence-corrected chi connectivity index (χ0v) is 21.2. The van der Waals surface area contributed by atoms with Gasteiger partial charge in [-0.2, -0.15) is 4.37 Å². The van der Waals surface area contributed by atoms with Crippen molar-refractivity contribution in [1.82, 2.24) is 14.3 Å². The predicted octanol–water partition coefficient (Wildman–Crippen LogP) is 4.06. The van der Waals surface area contributed by atoms with Gasteiger partial charge in [0.25, 0.3) is 5.91 Å². The number of hydrogen-bond acceptors (Lipinski definition) is 7. The third-order valence-corrected chi connectivity index (χ3v) is 7.29. The Labute approximate surface area is 208 Å². The molecule has 1 amide bonds. The first-order chi connectivity index (χ1) is 16.5. The van der Waals surface area contributed by atoms with Crippen LogP contribution in [0.15, 0.2) is 42.7 Å². The number of nitrogens with zero attached hydrogens (tertiary/aromatic N) is 3. The maximum atomic E-state index is 14.5. The average Bonchev–Trinajstić information content (AvgIpc) is 3.49. The summed E-state index contributed by atoms with van der Waals surface area (Å²) in [7, 11) is 0. The molecule has 4 rings (SSSR count). The minimum atomic E-state index is -0.950. The van der Waals surface area contributed by atoms with E-state index in [1.165, 1.54) is 23.9 Å². The van der Waals surface area contributed by atoms with E-state index < -0.39 is 16.9 Å². The van der Waals surface area contributed by atoms with E-state index in [-0.39, 0.29) is 24.6 Å². The van der Waals surface area contributed by atoms with Gasteiger partial charge >= 0.3 is 0 Å². The predicted molar refractivity (Wildman–Crippen MR) is 136 cm³/mol. The molecule has 0 aliphatic carbocycles. The maximum absolute atomic E-state index is 14.5. The Bertz CT molecular complexity index is 1260. The van der Waals surface area contributed by atoms with Gasteiger partial charge in [-0.3, -0.25) is 10.2 Å². The van der Waals surface area contributed by atoms with E-state index in [1.54, 1.807) is 37.8 Å². The lowest BCUT2D eigenvalue weighted by Gasteiger charge is -2.28. The number of aryl methyl sites for hydroxylation is 2. The van der Waals surface area contributed by atoms with Crippen molar-refractivity contribution in [2.75, 3.05) is 25.0 Å². The van der Waals surface area contributed by atoms with Gasteiger partial charge in [-0.1, -0.05) is 23.8 Å². The normalized spacial score (nSPS) is 18.1. The van der Waals surface area contributed by atoms with Gasteiger partial charge in [0.15, 0.2) is 0 Å². The fraction of sp³-hybridized carbons (Fsp3) is 0.385. The summed E-state index contributed by atoms with van der Waals surface area (Å²) >= 11 is 1.25. The molecule has 0 bridgehead atoms. The molecule has 35 heavy (non-hydrogen) atoms. The van der Waals surface area contributed by atoms with E-state index in [9.17, 15) is 14.3 Å². The first-order valence-electron chi connectivity index (χ1n) is 11.5. The topological polar surface area (TPSA) is 102 Å². The number of nitrogens with one attached hydrogen (secondary N) is 2. The van der Waals surface area contributed by atoms with Gasteiger partial charge in [0.1, 0.15) is 22.9 Å². The van der Waals surface area contributed by atoms with Crippen molar-refractivity contribution in [2.45, 2.75) is 45.1 Å². The van der Waals surface area contributed by atoms with E-state index in [2.05, 4.69) is 14.7 Å². The number of carbonyl (C=O) groups excluding carboxylic acids is 1. The van der Waals surface area contributed by atoms with Gasteiger partial charge < -0.3 is 15.3 Å². The second-order valence-electron chi connectivity index (χ2n) is 9.86. The molecule has 2 aromatic carbocycles.